The predicted molar refractivity (Wildman–Crippen MR) is 63.8 cm³/mol. The van der Waals surface area contributed by atoms with Gasteiger partial charge < -0.3 is 10.1 Å². The van der Waals surface area contributed by atoms with Crippen LogP contribution in [0.4, 0.5) is 10.1 Å². The van der Waals surface area contributed by atoms with E-state index in [4.69, 9.17) is 10.00 Å². The highest BCUT2D eigenvalue weighted by molar-refractivity contribution is 9.10. The molecule has 0 fully saturated rings. The third-order valence-electron chi connectivity index (χ3n) is 2.02. The molecule has 0 aliphatic carbocycles. The molecule has 0 bridgehead atoms. The van der Waals surface area contributed by atoms with Crippen molar-refractivity contribution in [2.24, 2.45) is 0 Å². The minimum Gasteiger partial charge on any atom is -0.383 e. The van der Waals surface area contributed by atoms with E-state index in [1.807, 2.05) is 13.0 Å². The zero-order valence-corrected chi connectivity index (χ0v) is 10.6. The monoisotopic (exact) mass is 286 g/mol. The van der Waals surface area contributed by atoms with Gasteiger partial charge in [0.15, 0.2) is 5.82 Å². The molecule has 1 aromatic rings. The van der Waals surface area contributed by atoms with E-state index in [1.165, 1.54) is 0 Å². The molecular weight excluding hydrogens is 275 g/mol. The van der Waals surface area contributed by atoms with Crippen LogP contribution in [0.3, 0.4) is 0 Å². The second-order valence-electron chi connectivity index (χ2n) is 3.40. The van der Waals surface area contributed by atoms with Gasteiger partial charge in [0.1, 0.15) is 6.07 Å². The number of hydrogen-bond acceptors (Lipinski definition) is 3. The summed E-state index contributed by atoms with van der Waals surface area (Å²) in [6.45, 7) is 2.37. The van der Waals surface area contributed by atoms with Crippen LogP contribution in [-0.4, -0.2) is 19.8 Å². The van der Waals surface area contributed by atoms with E-state index in [9.17, 15) is 4.39 Å². The van der Waals surface area contributed by atoms with Crippen LogP contribution in [0, 0.1) is 17.1 Å². The van der Waals surface area contributed by atoms with Crippen molar-refractivity contribution in [2.75, 3.05) is 19.0 Å². The molecule has 1 N–H and O–H groups in total. The molecule has 0 heterocycles. The number of methoxy groups -OCH3 is 1. The van der Waals surface area contributed by atoms with Gasteiger partial charge in [0, 0.05) is 13.2 Å². The van der Waals surface area contributed by atoms with Crippen molar-refractivity contribution in [3.63, 3.8) is 0 Å². The van der Waals surface area contributed by atoms with Crippen LogP contribution in [-0.2, 0) is 4.74 Å². The van der Waals surface area contributed by atoms with E-state index in [-0.39, 0.29) is 16.1 Å². The van der Waals surface area contributed by atoms with Crippen LogP contribution in [0.1, 0.15) is 12.5 Å². The molecule has 0 aromatic heterocycles. The Bertz CT molecular complexity index is 417. The van der Waals surface area contributed by atoms with Crippen molar-refractivity contribution >= 4 is 21.6 Å². The van der Waals surface area contributed by atoms with Gasteiger partial charge in [0.05, 0.1) is 22.3 Å². The van der Waals surface area contributed by atoms with Crippen molar-refractivity contribution in [1.82, 2.24) is 0 Å². The average molecular weight is 287 g/mol. The maximum atomic E-state index is 13.7. The lowest BCUT2D eigenvalue weighted by Gasteiger charge is -2.15. The lowest BCUT2D eigenvalue weighted by atomic mass is 10.2. The van der Waals surface area contributed by atoms with E-state index in [0.29, 0.717) is 12.3 Å². The van der Waals surface area contributed by atoms with Gasteiger partial charge in [-0.2, -0.15) is 5.26 Å². The van der Waals surface area contributed by atoms with E-state index in [1.54, 1.807) is 19.2 Å². The SMILES string of the molecule is COCC(C)Nc1ccc(C#N)c(Br)c1F. The first-order chi connectivity index (χ1) is 7.60. The molecule has 16 heavy (non-hydrogen) atoms. The number of nitriles is 1. The second kappa shape index (κ2) is 5.83. The highest BCUT2D eigenvalue weighted by Crippen LogP contribution is 2.26. The zero-order chi connectivity index (χ0) is 12.1. The molecule has 3 nitrogen and oxygen atoms in total. The van der Waals surface area contributed by atoms with Crippen LogP contribution < -0.4 is 5.32 Å². The number of nitrogens with one attached hydrogen (secondary N) is 1. The number of nitrogens with zero attached hydrogens (tertiary/aromatic N) is 1. The van der Waals surface area contributed by atoms with Gasteiger partial charge in [0.2, 0.25) is 0 Å². The largest absolute Gasteiger partial charge is 0.383 e. The molecular formula is C11H12BrFN2O. The summed E-state index contributed by atoms with van der Waals surface area (Å²) < 4.78 is 18.9. The van der Waals surface area contributed by atoms with Crippen LogP contribution in [0.2, 0.25) is 0 Å². The summed E-state index contributed by atoms with van der Waals surface area (Å²) in [6, 6.07) is 5.01. The van der Waals surface area contributed by atoms with Crippen molar-refractivity contribution in [1.29, 1.82) is 5.26 Å². The minimum absolute atomic E-state index is 0.000615. The lowest BCUT2D eigenvalue weighted by Crippen LogP contribution is -2.21. The van der Waals surface area contributed by atoms with Gasteiger partial charge >= 0.3 is 0 Å². The van der Waals surface area contributed by atoms with E-state index in [0.717, 1.165) is 0 Å². The van der Waals surface area contributed by atoms with Crippen LogP contribution in [0.5, 0.6) is 0 Å². The van der Waals surface area contributed by atoms with Gasteiger partial charge in [-0.25, -0.2) is 4.39 Å². The molecule has 0 spiro atoms. The fourth-order valence-electron chi connectivity index (χ4n) is 1.30. The second-order valence-corrected chi connectivity index (χ2v) is 4.19. The predicted octanol–water partition coefficient (Wildman–Crippen LogP) is 2.91. The number of ether oxygens (including phenoxy) is 1. The van der Waals surface area contributed by atoms with E-state index < -0.39 is 5.82 Å². The fourth-order valence-corrected chi connectivity index (χ4v) is 1.74. The van der Waals surface area contributed by atoms with Crippen molar-refractivity contribution in [3.8, 4) is 6.07 Å². The molecule has 1 aromatic carbocycles. The summed E-state index contributed by atoms with van der Waals surface area (Å²) in [7, 11) is 1.59. The molecule has 0 saturated carbocycles. The molecule has 1 unspecified atom stereocenters. The van der Waals surface area contributed by atoms with E-state index in [2.05, 4.69) is 21.2 Å². The van der Waals surface area contributed by atoms with Crippen molar-refractivity contribution in [2.45, 2.75) is 13.0 Å². The standard InChI is InChI=1S/C11H12BrFN2O/c1-7(6-16-2)15-9-4-3-8(5-14)10(12)11(9)13/h3-4,7,15H,6H2,1-2H3. The third kappa shape index (κ3) is 2.94. The van der Waals surface area contributed by atoms with Crippen LogP contribution in [0.15, 0.2) is 16.6 Å². The Morgan fingerprint density at radius 2 is 2.31 bits per heavy atom. The van der Waals surface area contributed by atoms with Crippen LogP contribution in [0.25, 0.3) is 0 Å². The molecule has 0 aliphatic heterocycles. The molecule has 0 saturated heterocycles. The summed E-state index contributed by atoms with van der Waals surface area (Å²) in [6.07, 6.45) is 0. The topological polar surface area (TPSA) is 45.0 Å². The number of hydrogen-bond donors (Lipinski definition) is 1. The summed E-state index contributed by atoms with van der Waals surface area (Å²) in [5, 5.41) is 11.7. The molecule has 5 heteroatoms. The summed E-state index contributed by atoms with van der Waals surface area (Å²) >= 11 is 3.05. The minimum atomic E-state index is -0.456. The molecule has 0 amide bonds. The molecule has 1 rings (SSSR count). The van der Waals surface area contributed by atoms with Crippen LogP contribution >= 0.6 is 15.9 Å². The highest BCUT2D eigenvalue weighted by atomic mass is 79.9. The number of benzene rings is 1. The van der Waals surface area contributed by atoms with Gasteiger partial charge in [-0.15, -0.1) is 0 Å². The first-order valence-electron chi connectivity index (χ1n) is 4.73. The Balaban J connectivity index is 2.91. The molecule has 86 valence electrons. The summed E-state index contributed by atoms with van der Waals surface area (Å²) in [5.74, 6) is -0.456. The van der Waals surface area contributed by atoms with Gasteiger partial charge in [-0.1, -0.05) is 0 Å². The van der Waals surface area contributed by atoms with E-state index >= 15 is 0 Å². The Labute approximate surface area is 102 Å². The number of halogens is 2. The molecule has 0 aliphatic rings. The summed E-state index contributed by atoms with van der Waals surface area (Å²) in [4.78, 5) is 0. The maximum Gasteiger partial charge on any atom is 0.161 e. The molecule has 0 radical (unpaired) electrons. The van der Waals surface area contributed by atoms with Crippen molar-refractivity contribution < 1.29 is 9.13 Å². The van der Waals surface area contributed by atoms with Gasteiger partial charge in [-0.05, 0) is 35.0 Å². The van der Waals surface area contributed by atoms with Crippen molar-refractivity contribution in [3.05, 3.63) is 28.0 Å². The van der Waals surface area contributed by atoms with Gasteiger partial charge in [-0.3, -0.25) is 0 Å². The Hall–Kier alpha value is -1.12. The third-order valence-corrected chi connectivity index (χ3v) is 2.80. The van der Waals surface area contributed by atoms with Gasteiger partial charge in [0.25, 0.3) is 0 Å². The Morgan fingerprint density at radius 1 is 1.62 bits per heavy atom. The first-order valence-corrected chi connectivity index (χ1v) is 5.53. The number of anilines is 1. The lowest BCUT2D eigenvalue weighted by molar-refractivity contribution is 0.190. The summed E-state index contributed by atoms with van der Waals surface area (Å²) in [5.41, 5.74) is 0.637. The highest BCUT2D eigenvalue weighted by Gasteiger charge is 2.12. The smallest absolute Gasteiger partial charge is 0.161 e. The average Bonchev–Trinajstić information content (AvgIpc) is 2.25. The Kier molecular flexibility index (Phi) is 4.71. The fraction of sp³-hybridized carbons (Fsp3) is 0.364. The first kappa shape index (κ1) is 12.9. The quantitative estimate of drug-likeness (QED) is 0.926. The maximum absolute atomic E-state index is 13.7. The Morgan fingerprint density at radius 3 is 2.88 bits per heavy atom. The number of rotatable bonds is 4. The zero-order valence-electron chi connectivity index (χ0n) is 9.05. The molecule has 1 atom stereocenters. The normalized spacial score (nSPS) is 11.9.